The van der Waals surface area contributed by atoms with E-state index in [4.69, 9.17) is 31.5 Å². The standard InChI is InChI=1S/C12H18ClNO3/c1-15-4-5-16-6-7-17-9-10-8-11(14)2-3-12(10)13/h2-3,8H,4-7,9,14H2,1H3. The van der Waals surface area contributed by atoms with Gasteiger partial charge in [-0.25, -0.2) is 0 Å². The van der Waals surface area contributed by atoms with E-state index < -0.39 is 0 Å². The Bertz CT molecular complexity index is 334. The zero-order chi connectivity index (χ0) is 12.5. The second kappa shape index (κ2) is 8.31. The Morgan fingerprint density at radius 1 is 1.12 bits per heavy atom. The average molecular weight is 260 g/mol. The zero-order valence-corrected chi connectivity index (χ0v) is 10.7. The molecule has 0 aliphatic rings. The fourth-order valence-corrected chi connectivity index (χ4v) is 1.42. The number of hydrogen-bond donors (Lipinski definition) is 1. The number of anilines is 1. The minimum absolute atomic E-state index is 0.442. The van der Waals surface area contributed by atoms with Gasteiger partial charge in [0.15, 0.2) is 0 Å². The normalized spacial score (nSPS) is 10.7. The third kappa shape index (κ3) is 5.89. The van der Waals surface area contributed by atoms with Crippen LogP contribution in [-0.4, -0.2) is 33.5 Å². The number of nitrogens with two attached hydrogens (primary N) is 1. The van der Waals surface area contributed by atoms with Crippen LogP contribution in [0.5, 0.6) is 0 Å². The molecule has 0 saturated heterocycles. The smallest absolute Gasteiger partial charge is 0.0733 e. The maximum atomic E-state index is 5.99. The number of ether oxygens (including phenoxy) is 3. The van der Waals surface area contributed by atoms with Crippen molar-refractivity contribution in [3.63, 3.8) is 0 Å². The van der Waals surface area contributed by atoms with Crippen LogP contribution in [0.2, 0.25) is 5.02 Å². The highest BCUT2D eigenvalue weighted by molar-refractivity contribution is 6.31. The molecule has 0 heterocycles. The number of halogens is 1. The Labute approximate surface area is 107 Å². The van der Waals surface area contributed by atoms with Gasteiger partial charge < -0.3 is 19.9 Å². The maximum absolute atomic E-state index is 5.99. The molecular weight excluding hydrogens is 242 g/mol. The molecule has 96 valence electrons. The van der Waals surface area contributed by atoms with Gasteiger partial charge in [0.25, 0.3) is 0 Å². The largest absolute Gasteiger partial charge is 0.399 e. The van der Waals surface area contributed by atoms with Crippen molar-refractivity contribution in [1.29, 1.82) is 0 Å². The molecular formula is C12H18ClNO3. The third-order valence-electron chi connectivity index (χ3n) is 2.13. The first-order chi connectivity index (χ1) is 8.24. The molecule has 0 aliphatic heterocycles. The number of methoxy groups -OCH3 is 1. The zero-order valence-electron chi connectivity index (χ0n) is 9.95. The summed E-state index contributed by atoms with van der Waals surface area (Å²) >= 11 is 5.99. The second-order valence-electron chi connectivity index (χ2n) is 3.51. The number of rotatable bonds is 8. The van der Waals surface area contributed by atoms with E-state index in [2.05, 4.69) is 0 Å². The summed E-state index contributed by atoms with van der Waals surface area (Å²) in [5.41, 5.74) is 7.24. The Hall–Kier alpha value is -0.810. The van der Waals surface area contributed by atoms with Gasteiger partial charge in [0.1, 0.15) is 0 Å². The SMILES string of the molecule is COCCOCCOCc1cc(N)ccc1Cl. The maximum Gasteiger partial charge on any atom is 0.0733 e. The van der Waals surface area contributed by atoms with Crippen molar-refractivity contribution < 1.29 is 14.2 Å². The van der Waals surface area contributed by atoms with Gasteiger partial charge in [-0.15, -0.1) is 0 Å². The van der Waals surface area contributed by atoms with Crippen molar-refractivity contribution in [2.45, 2.75) is 6.61 Å². The first kappa shape index (κ1) is 14.3. The number of hydrogen-bond acceptors (Lipinski definition) is 4. The molecule has 0 unspecified atom stereocenters. The van der Waals surface area contributed by atoms with E-state index in [0.29, 0.717) is 43.7 Å². The Morgan fingerprint density at radius 2 is 1.82 bits per heavy atom. The van der Waals surface area contributed by atoms with Gasteiger partial charge in [-0.1, -0.05) is 11.6 Å². The van der Waals surface area contributed by atoms with Crippen LogP contribution in [0.3, 0.4) is 0 Å². The number of nitrogen functional groups attached to an aromatic ring is 1. The van der Waals surface area contributed by atoms with Crippen LogP contribution in [0.4, 0.5) is 5.69 Å². The van der Waals surface area contributed by atoms with Crippen LogP contribution >= 0.6 is 11.6 Å². The molecule has 2 N–H and O–H groups in total. The molecule has 0 bridgehead atoms. The lowest BCUT2D eigenvalue weighted by Gasteiger charge is -2.07. The summed E-state index contributed by atoms with van der Waals surface area (Å²) in [6.45, 7) is 2.69. The van der Waals surface area contributed by atoms with E-state index in [9.17, 15) is 0 Å². The van der Waals surface area contributed by atoms with Gasteiger partial charge in [0.05, 0.1) is 33.0 Å². The van der Waals surface area contributed by atoms with Crippen molar-refractivity contribution in [1.82, 2.24) is 0 Å². The summed E-state index contributed by atoms with van der Waals surface area (Å²) < 4.78 is 15.5. The predicted octanol–water partition coefficient (Wildman–Crippen LogP) is 2.10. The van der Waals surface area contributed by atoms with Gasteiger partial charge >= 0.3 is 0 Å². The van der Waals surface area contributed by atoms with Crippen LogP contribution < -0.4 is 5.73 Å². The topological polar surface area (TPSA) is 53.7 Å². The van der Waals surface area contributed by atoms with Gasteiger partial charge in [0, 0.05) is 17.8 Å². The Balaban J connectivity index is 2.15. The first-order valence-electron chi connectivity index (χ1n) is 5.42. The highest BCUT2D eigenvalue weighted by Gasteiger charge is 2.00. The van der Waals surface area contributed by atoms with Gasteiger partial charge in [-0.05, 0) is 23.8 Å². The van der Waals surface area contributed by atoms with E-state index in [1.165, 1.54) is 0 Å². The molecule has 0 fully saturated rings. The fraction of sp³-hybridized carbons (Fsp3) is 0.500. The van der Waals surface area contributed by atoms with Crippen LogP contribution in [-0.2, 0) is 20.8 Å². The molecule has 5 heteroatoms. The highest BCUT2D eigenvalue weighted by atomic mass is 35.5. The lowest BCUT2D eigenvalue weighted by molar-refractivity contribution is 0.0200. The fourth-order valence-electron chi connectivity index (χ4n) is 1.25. The van der Waals surface area contributed by atoms with Crippen molar-refractivity contribution >= 4 is 17.3 Å². The second-order valence-corrected chi connectivity index (χ2v) is 3.92. The van der Waals surface area contributed by atoms with E-state index in [1.54, 1.807) is 19.2 Å². The molecule has 0 aliphatic carbocycles. The molecule has 0 spiro atoms. The van der Waals surface area contributed by atoms with E-state index in [1.807, 2.05) is 6.07 Å². The van der Waals surface area contributed by atoms with Crippen molar-refractivity contribution in [2.75, 3.05) is 39.3 Å². The Morgan fingerprint density at radius 3 is 2.59 bits per heavy atom. The lowest BCUT2D eigenvalue weighted by atomic mass is 10.2. The molecule has 17 heavy (non-hydrogen) atoms. The Kier molecular flexibility index (Phi) is 6.96. The van der Waals surface area contributed by atoms with Crippen LogP contribution in [0.25, 0.3) is 0 Å². The molecule has 0 saturated carbocycles. The van der Waals surface area contributed by atoms with Crippen molar-refractivity contribution in [3.05, 3.63) is 28.8 Å². The lowest BCUT2D eigenvalue weighted by Crippen LogP contribution is -2.08. The van der Waals surface area contributed by atoms with Crippen molar-refractivity contribution in [3.8, 4) is 0 Å². The van der Waals surface area contributed by atoms with Gasteiger partial charge in [-0.3, -0.25) is 0 Å². The molecule has 0 atom stereocenters. The van der Waals surface area contributed by atoms with E-state index in [0.717, 1.165) is 5.56 Å². The summed E-state index contributed by atoms with van der Waals surface area (Å²) in [5.74, 6) is 0. The van der Waals surface area contributed by atoms with Gasteiger partial charge in [0.2, 0.25) is 0 Å². The summed E-state index contributed by atoms with van der Waals surface area (Å²) in [4.78, 5) is 0. The molecule has 4 nitrogen and oxygen atoms in total. The number of benzene rings is 1. The molecule has 1 aromatic carbocycles. The quantitative estimate of drug-likeness (QED) is 0.574. The van der Waals surface area contributed by atoms with Crippen molar-refractivity contribution in [2.24, 2.45) is 0 Å². The third-order valence-corrected chi connectivity index (χ3v) is 2.50. The van der Waals surface area contributed by atoms with Gasteiger partial charge in [-0.2, -0.15) is 0 Å². The summed E-state index contributed by atoms with van der Waals surface area (Å²) in [6.07, 6.45) is 0. The highest BCUT2D eigenvalue weighted by Crippen LogP contribution is 2.19. The molecule has 0 amide bonds. The molecule has 0 radical (unpaired) electrons. The minimum Gasteiger partial charge on any atom is -0.399 e. The summed E-state index contributed by atoms with van der Waals surface area (Å²) in [6, 6.07) is 5.35. The van der Waals surface area contributed by atoms with E-state index in [-0.39, 0.29) is 0 Å². The summed E-state index contributed by atoms with van der Waals surface area (Å²) in [5, 5.41) is 0.666. The monoisotopic (exact) mass is 259 g/mol. The first-order valence-corrected chi connectivity index (χ1v) is 5.80. The van der Waals surface area contributed by atoms with E-state index >= 15 is 0 Å². The predicted molar refractivity (Wildman–Crippen MR) is 68.2 cm³/mol. The summed E-state index contributed by atoms with van der Waals surface area (Å²) in [7, 11) is 1.64. The minimum atomic E-state index is 0.442. The van der Waals surface area contributed by atoms with Crippen LogP contribution in [0, 0.1) is 0 Å². The molecule has 1 aromatic rings. The van der Waals surface area contributed by atoms with Crippen LogP contribution in [0.15, 0.2) is 18.2 Å². The molecule has 0 aromatic heterocycles. The molecule has 1 rings (SSSR count). The average Bonchev–Trinajstić information content (AvgIpc) is 2.32. The van der Waals surface area contributed by atoms with Crippen LogP contribution in [0.1, 0.15) is 5.56 Å².